The lowest BCUT2D eigenvalue weighted by atomic mass is 10.1. The molecule has 0 rings (SSSR count). The number of ether oxygens (including phenoxy) is 2. The van der Waals surface area contributed by atoms with Crippen LogP contribution in [0.3, 0.4) is 0 Å². The van der Waals surface area contributed by atoms with Gasteiger partial charge in [-0.05, 0) is 12.8 Å². The predicted octanol–water partition coefficient (Wildman–Crippen LogP) is 0.548. The molecule has 0 aliphatic carbocycles. The Hall–Kier alpha value is -0.610. The molecule has 4 heteroatoms. The van der Waals surface area contributed by atoms with Gasteiger partial charge in [0.25, 0.3) is 0 Å². The normalized spacial score (nSPS) is 15.5. The van der Waals surface area contributed by atoms with Crippen molar-refractivity contribution in [2.24, 2.45) is 11.7 Å². The third-order valence-corrected chi connectivity index (χ3v) is 1.85. The lowest BCUT2D eigenvalue weighted by Gasteiger charge is -2.16. The first-order chi connectivity index (χ1) is 5.99. The van der Waals surface area contributed by atoms with Gasteiger partial charge >= 0.3 is 5.97 Å². The molecule has 0 radical (unpaired) electrons. The fraction of sp³-hybridized carbons (Fsp3) is 0.889. The average molecular weight is 189 g/mol. The van der Waals surface area contributed by atoms with E-state index in [0.29, 0.717) is 0 Å². The molecule has 2 N–H and O–H groups in total. The van der Waals surface area contributed by atoms with Crippen molar-refractivity contribution in [1.29, 1.82) is 0 Å². The van der Waals surface area contributed by atoms with E-state index in [4.69, 9.17) is 15.2 Å². The molecule has 0 heterocycles. The lowest BCUT2D eigenvalue weighted by Crippen LogP contribution is -2.38. The molecular weight excluding hydrogens is 170 g/mol. The Morgan fingerprint density at radius 3 is 2.31 bits per heavy atom. The van der Waals surface area contributed by atoms with E-state index in [1.807, 2.05) is 20.8 Å². The van der Waals surface area contributed by atoms with Crippen molar-refractivity contribution in [1.82, 2.24) is 0 Å². The van der Waals surface area contributed by atoms with E-state index in [2.05, 4.69) is 0 Å². The summed E-state index contributed by atoms with van der Waals surface area (Å²) < 4.78 is 9.85. The molecule has 0 aliphatic heterocycles. The number of carbonyl (C=O) groups is 1. The van der Waals surface area contributed by atoms with Gasteiger partial charge in [-0.3, -0.25) is 4.79 Å². The van der Waals surface area contributed by atoms with Crippen LogP contribution in [0.15, 0.2) is 0 Å². The zero-order chi connectivity index (χ0) is 10.4. The summed E-state index contributed by atoms with van der Waals surface area (Å²) in [5, 5.41) is 0. The highest BCUT2D eigenvalue weighted by Gasteiger charge is 2.19. The second-order valence-electron chi connectivity index (χ2n) is 3.45. The maximum absolute atomic E-state index is 11.2. The number of methoxy groups -OCH3 is 1. The Morgan fingerprint density at radius 2 is 1.92 bits per heavy atom. The summed E-state index contributed by atoms with van der Waals surface area (Å²) >= 11 is 0. The Labute approximate surface area is 79.4 Å². The molecule has 0 saturated heterocycles. The third-order valence-electron chi connectivity index (χ3n) is 1.85. The van der Waals surface area contributed by atoms with E-state index < -0.39 is 6.04 Å². The molecule has 0 saturated carbocycles. The summed E-state index contributed by atoms with van der Waals surface area (Å²) in [5.74, 6) is -0.260. The first-order valence-electron chi connectivity index (χ1n) is 4.44. The van der Waals surface area contributed by atoms with Gasteiger partial charge in [0.15, 0.2) is 0 Å². The van der Waals surface area contributed by atoms with Crippen LogP contribution in [0.25, 0.3) is 0 Å². The van der Waals surface area contributed by atoms with E-state index in [0.717, 1.165) is 0 Å². The number of esters is 1. The van der Waals surface area contributed by atoms with Crippen LogP contribution in [0, 0.1) is 5.92 Å². The first-order valence-corrected chi connectivity index (χ1v) is 4.44. The smallest absolute Gasteiger partial charge is 0.323 e. The second kappa shape index (κ2) is 5.94. The lowest BCUT2D eigenvalue weighted by molar-refractivity contribution is -0.149. The molecule has 0 bridgehead atoms. The molecule has 0 aromatic rings. The summed E-state index contributed by atoms with van der Waals surface area (Å²) in [6.07, 6.45) is -0.0803. The number of hydrogen-bond donors (Lipinski definition) is 1. The summed E-state index contributed by atoms with van der Waals surface area (Å²) in [6.45, 7) is 5.85. The van der Waals surface area contributed by atoms with E-state index in [-0.39, 0.29) is 24.6 Å². The van der Waals surface area contributed by atoms with Crippen molar-refractivity contribution < 1.29 is 14.3 Å². The summed E-state index contributed by atoms with van der Waals surface area (Å²) in [4.78, 5) is 11.2. The molecule has 2 atom stereocenters. The molecule has 0 spiro atoms. The van der Waals surface area contributed by atoms with E-state index >= 15 is 0 Å². The molecule has 0 amide bonds. The molecular formula is C9H19NO3. The van der Waals surface area contributed by atoms with Crippen molar-refractivity contribution in [3.05, 3.63) is 0 Å². The molecule has 4 nitrogen and oxygen atoms in total. The van der Waals surface area contributed by atoms with Gasteiger partial charge in [-0.2, -0.15) is 0 Å². The van der Waals surface area contributed by atoms with Gasteiger partial charge in [-0.15, -0.1) is 0 Å². The minimum Gasteiger partial charge on any atom is -0.462 e. The Bertz CT molecular complexity index is 159. The zero-order valence-corrected chi connectivity index (χ0v) is 8.74. The predicted molar refractivity (Wildman–Crippen MR) is 50.2 cm³/mol. The highest BCUT2D eigenvalue weighted by Crippen LogP contribution is 2.01. The van der Waals surface area contributed by atoms with Gasteiger partial charge in [-0.1, -0.05) is 13.8 Å². The van der Waals surface area contributed by atoms with Crippen LogP contribution in [0.1, 0.15) is 20.8 Å². The summed E-state index contributed by atoms with van der Waals surface area (Å²) in [6, 6.07) is -0.538. The van der Waals surface area contributed by atoms with Crippen LogP contribution >= 0.6 is 0 Å². The van der Waals surface area contributed by atoms with E-state index in [9.17, 15) is 4.79 Å². The molecule has 0 aromatic carbocycles. The van der Waals surface area contributed by atoms with Crippen LogP contribution in [-0.2, 0) is 14.3 Å². The van der Waals surface area contributed by atoms with Gasteiger partial charge < -0.3 is 15.2 Å². The van der Waals surface area contributed by atoms with Gasteiger partial charge in [-0.25, -0.2) is 0 Å². The number of rotatable bonds is 5. The largest absolute Gasteiger partial charge is 0.462 e. The highest BCUT2D eigenvalue weighted by atomic mass is 16.6. The Kier molecular flexibility index (Phi) is 5.66. The number of carbonyl (C=O) groups excluding carboxylic acids is 1. The van der Waals surface area contributed by atoms with Crippen LogP contribution in [-0.4, -0.2) is 31.8 Å². The number of hydrogen-bond acceptors (Lipinski definition) is 4. The van der Waals surface area contributed by atoms with Crippen LogP contribution in [0.4, 0.5) is 0 Å². The van der Waals surface area contributed by atoms with Gasteiger partial charge in [0.1, 0.15) is 12.6 Å². The van der Waals surface area contributed by atoms with Crippen molar-refractivity contribution >= 4 is 5.97 Å². The quantitative estimate of drug-likeness (QED) is 0.641. The maximum Gasteiger partial charge on any atom is 0.323 e. The monoisotopic (exact) mass is 189 g/mol. The van der Waals surface area contributed by atoms with Crippen LogP contribution < -0.4 is 5.73 Å². The number of nitrogens with two attached hydrogens (primary N) is 1. The molecule has 2 unspecified atom stereocenters. The topological polar surface area (TPSA) is 61.5 Å². The third kappa shape index (κ3) is 4.85. The second-order valence-corrected chi connectivity index (χ2v) is 3.45. The molecule has 13 heavy (non-hydrogen) atoms. The van der Waals surface area contributed by atoms with Gasteiger partial charge in [0, 0.05) is 7.11 Å². The van der Waals surface area contributed by atoms with E-state index in [1.54, 1.807) is 7.11 Å². The van der Waals surface area contributed by atoms with Gasteiger partial charge in [0.05, 0.1) is 6.10 Å². The fourth-order valence-electron chi connectivity index (χ4n) is 0.636. The summed E-state index contributed by atoms with van der Waals surface area (Å²) in [7, 11) is 1.57. The molecule has 0 fully saturated rings. The summed E-state index contributed by atoms with van der Waals surface area (Å²) in [5.41, 5.74) is 5.57. The average Bonchev–Trinajstić information content (AvgIpc) is 2.11. The minimum absolute atomic E-state index is 0.0803. The van der Waals surface area contributed by atoms with Gasteiger partial charge in [0.2, 0.25) is 0 Å². The maximum atomic E-state index is 11.2. The SMILES string of the molecule is COC(C)COC(=O)C(N)C(C)C. The molecule has 78 valence electrons. The minimum atomic E-state index is -0.538. The first kappa shape index (κ1) is 12.4. The standard InChI is InChI=1S/C9H19NO3/c1-6(2)8(10)9(11)13-5-7(3)12-4/h6-8H,5,10H2,1-4H3. The van der Waals surface area contributed by atoms with Crippen molar-refractivity contribution in [2.45, 2.75) is 32.9 Å². The van der Waals surface area contributed by atoms with Crippen molar-refractivity contribution in [2.75, 3.05) is 13.7 Å². The fourth-order valence-corrected chi connectivity index (χ4v) is 0.636. The molecule has 0 aromatic heterocycles. The Balaban J connectivity index is 3.74. The van der Waals surface area contributed by atoms with Crippen molar-refractivity contribution in [3.63, 3.8) is 0 Å². The van der Waals surface area contributed by atoms with Crippen LogP contribution in [0.2, 0.25) is 0 Å². The molecule has 0 aliphatic rings. The zero-order valence-electron chi connectivity index (χ0n) is 8.74. The van der Waals surface area contributed by atoms with Crippen LogP contribution in [0.5, 0.6) is 0 Å². The van der Waals surface area contributed by atoms with Crippen molar-refractivity contribution in [3.8, 4) is 0 Å². The highest BCUT2D eigenvalue weighted by molar-refractivity contribution is 5.75. The Morgan fingerprint density at radius 1 is 1.38 bits per heavy atom. The van der Waals surface area contributed by atoms with E-state index in [1.165, 1.54) is 0 Å².